The molecule has 1 aromatic carbocycles. The molecule has 0 saturated carbocycles. The van der Waals surface area contributed by atoms with Crippen molar-refractivity contribution < 1.29 is 9.47 Å². The molecular weight excluding hydrogens is 226 g/mol. The van der Waals surface area contributed by atoms with Crippen LogP contribution in [-0.4, -0.2) is 27.3 Å². The van der Waals surface area contributed by atoms with Crippen molar-refractivity contribution in [2.45, 2.75) is 0 Å². The molecule has 1 N–H and O–H groups in total. The van der Waals surface area contributed by atoms with Crippen LogP contribution in [0, 0.1) is 0 Å². The lowest BCUT2D eigenvalue weighted by Gasteiger charge is -2.04. The van der Waals surface area contributed by atoms with Crippen LogP contribution in [-0.2, 0) is 0 Å². The highest BCUT2D eigenvalue weighted by Gasteiger charge is 1.94. The molecule has 0 bridgehead atoms. The molecule has 0 spiro atoms. The number of halogens is 1. The van der Waals surface area contributed by atoms with E-state index in [0.717, 1.165) is 18.0 Å². The normalized spacial score (nSPS) is 9.88. The summed E-state index contributed by atoms with van der Waals surface area (Å²) in [6.45, 7) is 1.44. The van der Waals surface area contributed by atoms with Gasteiger partial charge in [-0.3, -0.25) is 0 Å². The standard InChI is InChI=1S/C12H17NO2.ClH/c1-13-8-3-4-9-15-12-7-5-6-11(10-12)14-2;/h3-7,10,13H,8-9H2,1-2H3;1H. The molecule has 0 aliphatic heterocycles. The monoisotopic (exact) mass is 243 g/mol. The van der Waals surface area contributed by atoms with Crippen molar-refractivity contribution in [2.24, 2.45) is 0 Å². The van der Waals surface area contributed by atoms with Crippen LogP contribution in [0.2, 0.25) is 0 Å². The first-order valence-electron chi connectivity index (χ1n) is 4.93. The van der Waals surface area contributed by atoms with Crippen LogP contribution in [0.15, 0.2) is 36.4 Å². The minimum atomic E-state index is 0. The van der Waals surface area contributed by atoms with Crippen LogP contribution in [0.4, 0.5) is 0 Å². The minimum Gasteiger partial charge on any atom is -0.497 e. The average molecular weight is 244 g/mol. The maximum absolute atomic E-state index is 5.50. The molecule has 0 saturated heterocycles. The van der Waals surface area contributed by atoms with Gasteiger partial charge in [0.1, 0.15) is 18.1 Å². The zero-order chi connectivity index (χ0) is 10.9. The van der Waals surface area contributed by atoms with Crippen molar-refractivity contribution in [1.82, 2.24) is 5.32 Å². The van der Waals surface area contributed by atoms with Gasteiger partial charge in [0, 0.05) is 12.6 Å². The average Bonchev–Trinajstić information content (AvgIpc) is 2.29. The fraction of sp³-hybridized carbons (Fsp3) is 0.333. The van der Waals surface area contributed by atoms with E-state index in [-0.39, 0.29) is 12.4 Å². The Morgan fingerprint density at radius 2 is 2.00 bits per heavy atom. The largest absolute Gasteiger partial charge is 0.497 e. The van der Waals surface area contributed by atoms with E-state index in [2.05, 4.69) is 5.32 Å². The van der Waals surface area contributed by atoms with E-state index in [1.165, 1.54) is 0 Å². The van der Waals surface area contributed by atoms with Crippen LogP contribution in [0.3, 0.4) is 0 Å². The summed E-state index contributed by atoms with van der Waals surface area (Å²) in [6, 6.07) is 7.58. The van der Waals surface area contributed by atoms with Gasteiger partial charge in [0.15, 0.2) is 0 Å². The molecule has 0 aromatic heterocycles. The summed E-state index contributed by atoms with van der Waals surface area (Å²) in [5, 5.41) is 3.02. The molecule has 1 rings (SSSR count). The predicted octanol–water partition coefficient (Wildman–Crippen LogP) is 2.27. The molecule has 90 valence electrons. The highest BCUT2D eigenvalue weighted by molar-refractivity contribution is 5.85. The number of likely N-dealkylation sites (N-methyl/N-ethyl adjacent to an activating group) is 1. The van der Waals surface area contributed by atoms with Gasteiger partial charge in [-0.15, -0.1) is 12.4 Å². The Kier molecular flexibility index (Phi) is 8.39. The second-order valence-corrected chi connectivity index (χ2v) is 3.02. The van der Waals surface area contributed by atoms with E-state index >= 15 is 0 Å². The molecular formula is C12H18ClNO2. The summed E-state index contributed by atoms with van der Waals surface area (Å²) in [5.74, 6) is 1.63. The number of methoxy groups -OCH3 is 1. The minimum absolute atomic E-state index is 0. The van der Waals surface area contributed by atoms with Gasteiger partial charge in [0.05, 0.1) is 7.11 Å². The number of hydrogen-bond acceptors (Lipinski definition) is 3. The summed E-state index contributed by atoms with van der Waals surface area (Å²) in [5.41, 5.74) is 0. The lowest BCUT2D eigenvalue weighted by atomic mass is 10.3. The zero-order valence-corrected chi connectivity index (χ0v) is 10.4. The molecule has 0 unspecified atom stereocenters. The van der Waals surface area contributed by atoms with Crippen LogP contribution in [0.25, 0.3) is 0 Å². The van der Waals surface area contributed by atoms with E-state index in [4.69, 9.17) is 9.47 Å². The summed E-state index contributed by atoms with van der Waals surface area (Å²) < 4.78 is 10.6. The van der Waals surface area contributed by atoms with Gasteiger partial charge >= 0.3 is 0 Å². The van der Waals surface area contributed by atoms with E-state index in [1.807, 2.05) is 43.5 Å². The summed E-state index contributed by atoms with van der Waals surface area (Å²) >= 11 is 0. The zero-order valence-electron chi connectivity index (χ0n) is 9.60. The van der Waals surface area contributed by atoms with Gasteiger partial charge in [-0.25, -0.2) is 0 Å². The van der Waals surface area contributed by atoms with Gasteiger partial charge in [0.25, 0.3) is 0 Å². The molecule has 0 aliphatic carbocycles. The fourth-order valence-electron chi connectivity index (χ4n) is 1.10. The Morgan fingerprint density at radius 1 is 1.25 bits per heavy atom. The Morgan fingerprint density at radius 3 is 2.69 bits per heavy atom. The van der Waals surface area contributed by atoms with Crippen LogP contribution >= 0.6 is 12.4 Å². The highest BCUT2D eigenvalue weighted by Crippen LogP contribution is 2.18. The fourth-order valence-corrected chi connectivity index (χ4v) is 1.10. The van der Waals surface area contributed by atoms with Crippen LogP contribution < -0.4 is 14.8 Å². The molecule has 3 nitrogen and oxygen atoms in total. The maximum atomic E-state index is 5.50. The molecule has 4 heteroatoms. The van der Waals surface area contributed by atoms with Gasteiger partial charge in [-0.2, -0.15) is 0 Å². The van der Waals surface area contributed by atoms with Crippen LogP contribution in [0.5, 0.6) is 11.5 Å². The summed E-state index contributed by atoms with van der Waals surface area (Å²) in [4.78, 5) is 0. The van der Waals surface area contributed by atoms with Crippen molar-refractivity contribution in [3.8, 4) is 11.5 Å². The second kappa shape index (κ2) is 9.07. The van der Waals surface area contributed by atoms with E-state index in [0.29, 0.717) is 6.61 Å². The third kappa shape index (κ3) is 5.63. The smallest absolute Gasteiger partial charge is 0.123 e. The molecule has 0 fully saturated rings. The molecule has 0 heterocycles. The first-order chi connectivity index (χ1) is 7.36. The topological polar surface area (TPSA) is 30.5 Å². The third-order valence-corrected chi connectivity index (χ3v) is 1.88. The lowest BCUT2D eigenvalue weighted by molar-refractivity contribution is 0.356. The SMILES string of the molecule is CNCC=CCOc1cccc(OC)c1.Cl. The molecule has 16 heavy (non-hydrogen) atoms. The first kappa shape index (κ1) is 14.8. The third-order valence-electron chi connectivity index (χ3n) is 1.88. The van der Waals surface area contributed by atoms with Crippen LogP contribution in [0.1, 0.15) is 0 Å². The molecule has 0 radical (unpaired) electrons. The Bertz CT molecular complexity index is 316. The van der Waals surface area contributed by atoms with E-state index < -0.39 is 0 Å². The summed E-state index contributed by atoms with van der Waals surface area (Å²) in [7, 11) is 3.55. The van der Waals surface area contributed by atoms with Crippen molar-refractivity contribution >= 4 is 12.4 Å². The van der Waals surface area contributed by atoms with E-state index in [1.54, 1.807) is 7.11 Å². The first-order valence-corrected chi connectivity index (χ1v) is 4.93. The number of benzene rings is 1. The van der Waals surface area contributed by atoms with Gasteiger partial charge in [0.2, 0.25) is 0 Å². The Labute approximate surface area is 103 Å². The Balaban J connectivity index is 0.00000225. The lowest BCUT2D eigenvalue weighted by Crippen LogP contribution is -2.04. The predicted molar refractivity (Wildman–Crippen MR) is 68.8 cm³/mol. The second-order valence-electron chi connectivity index (χ2n) is 3.02. The van der Waals surface area contributed by atoms with E-state index in [9.17, 15) is 0 Å². The highest BCUT2D eigenvalue weighted by atomic mass is 35.5. The van der Waals surface area contributed by atoms with Crippen molar-refractivity contribution in [1.29, 1.82) is 0 Å². The number of hydrogen-bond donors (Lipinski definition) is 1. The van der Waals surface area contributed by atoms with Gasteiger partial charge in [-0.1, -0.05) is 18.2 Å². The molecule has 0 atom stereocenters. The molecule has 1 aromatic rings. The molecule has 0 amide bonds. The number of ether oxygens (including phenoxy) is 2. The van der Waals surface area contributed by atoms with Crippen molar-refractivity contribution in [3.63, 3.8) is 0 Å². The molecule has 0 aliphatic rings. The van der Waals surface area contributed by atoms with Crippen molar-refractivity contribution in [3.05, 3.63) is 36.4 Å². The van der Waals surface area contributed by atoms with Gasteiger partial charge < -0.3 is 14.8 Å². The maximum Gasteiger partial charge on any atom is 0.123 e. The number of nitrogens with one attached hydrogen (secondary N) is 1. The quantitative estimate of drug-likeness (QED) is 0.778. The van der Waals surface area contributed by atoms with Gasteiger partial charge in [-0.05, 0) is 19.2 Å². The Hall–Kier alpha value is -1.19. The van der Waals surface area contributed by atoms with Crippen molar-refractivity contribution in [2.75, 3.05) is 27.3 Å². The summed E-state index contributed by atoms with van der Waals surface area (Å²) in [6.07, 6.45) is 4.01. The number of rotatable bonds is 6.